The lowest BCUT2D eigenvalue weighted by Gasteiger charge is -2.08. The Morgan fingerprint density at radius 2 is 2.05 bits per heavy atom. The van der Waals surface area contributed by atoms with Crippen molar-refractivity contribution in [3.8, 4) is 6.07 Å². The molecule has 2 heterocycles. The number of hydrogen-bond donors (Lipinski definition) is 1. The van der Waals surface area contributed by atoms with Crippen LogP contribution in [0, 0.1) is 11.3 Å². The molecule has 108 valence electrons. The number of rotatable bonds is 3. The normalized spacial score (nSPS) is 15.4. The van der Waals surface area contributed by atoms with E-state index in [1.54, 1.807) is 0 Å². The molecule has 4 heteroatoms. The predicted octanol–water partition coefficient (Wildman–Crippen LogP) is 3.65. The van der Waals surface area contributed by atoms with Gasteiger partial charge < -0.3 is 9.72 Å². The highest BCUT2D eigenvalue weighted by Crippen LogP contribution is 2.29. The number of aromatic nitrogens is 1. The monoisotopic (exact) mass is 289 g/mol. The van der Waals surface area contributed by atoms with E-state index in [1.165, 1.54) is 0 Å². The van der Waals surface area contributed by atoms with Crippen molar-refractivity contribution in [3.63, 3.8) is 0 Å². The molecule has 0 spiro atoms. The summed E-state index contributed by atoms with van der Waals surface area (Å²) in [5, 5.41) is 8.94. The highest BCUT2D eigenvalue weighted by atomic mass is 16.5. The number of benzene rings is 1. The van der Waals surface area contributed by atoms with Gasteiger partial charge in [0.1, 0.15) is 0 Å². The first-order chi connectivity index (χ1) is 10.8. The summed E-state index contributed by atoms with van der Waals surface area (Å²) in [5.41, 5.74) is 4.45. The van der Waals surface area contributed by atoms with Crippen molar-refractivity contribution < 1.29 is 4.74 Å². The van der Waals surface area contributed by atoms with E-state index in [4.69, 9.17) is 10.00 Å². The molecule has 22 heavy (non-hydrogen) atoms. The van der Waals surface area contributed by atoms with Gasteiger partial charge in [-0.15, -0.1) is 0 Å². The number of nitrogens with one attached hydrogen (secondary N) is 1. The first-order valence-corrected chi connectivity index (χ1v) is 7.10. The van der Waals surface area contributed by atoms with Gasteiger partial charge in [0, 0.05) is 23.5 Å². The zero-order valence-electron chi connectivity index (χ0n) is 12.2. The fourth-order valence-electron chi connectivity index (χ4n) is 2.35. The minimum Gasteiger partial charge on any atom is -0.478 e. The van der Waals surface area contributed by atoms with Crippen LogP contribution in [0.5, 0.6) is 0 Å². The lowest BCUT2D eigenvalue weighted by molar-refractivity contribution is 0.331. The summed E-state index contributed by atoms with van der Waals surface area (Å²) in [6.07, 6.45) is 5.69. The molecule has 1 aromatic carbocycles. The Morgan fingerprint density at radius 1 is 1.23 bits per heavy atom. The first-order valence-electron chi connectivity index (χ1n) is 7.10. The number of nitrogens with zero attached hydrogens (tertiary/aromatic N) is 2. The fraction of sp³-hybridized carbons (Fsp3) is 0.111. The van der Waals surface area contributed by atoms with E-state index in [0.29, 0.717) is 18.1 Å². The Morgan fingerprint density at radius 3 is 2.68 bits per heavy atom. The third-order valence-electron chi connectivity index (χ3n) is 3.33. The van der Waals surface area contributed by atoms with E-state index in [1.807, 2.05) is 61.7 Å². The van der Waals surface area contributed by atoms with Gasteiger partial charge in [-0.1, -0.05) is 12.1 Å². The van der Waals surface area contributed by atoms with Crippen molar-refractivity contribution in [1.82, 2.24) is 4.98 Å². The SMILES string of the molecule is CCOC1=N/C(=C(\c2ccc(C#N)cc2)c2ccc[nH]2)C=C1. The maximum atomic E-state index is 8.94. The van der Waals surface area contributed by atoms with Crippen molar-refractivity contribution in [2.75, 3.05) is 6.61 Å². The number of hydrogen-bond acceptors (Lipinski definition) is 3. The van der Waals surface area contributed by atoms with Crippen molar-refractivity contribution in [1.29, 1.82) is 5.26 Å². The topological polar surface area (TPSA) is 61.2 Å². The van der Waals surface area contributed by atoms with Crippen molar-refractivity contribution >= 4 is 11.5 Å². The average molecular weight is 289 g/mol. The van der Waals surface area contributed by atoms with Crippen LogP contribution in [0.15, 0.2) is 65.4 Å². The number of ether oxygens (including phenoxy) is 1. The largest absolute Gasteiger partial charge is 0.478 e. The summed E-state index contributed by atoms with van der Waals surface area (Å²) in [6, 6.07) is 13.6. The summed E-state index contributed by atoms with van der Waals surface area (Å²) in [5.74, 6) is 0.621. The molecule has 0 unspecified atom stereocenters. The van der Waals surface area contributed by atoms with E-state index in [0.717, 1.165) is 22.5 Å². The quantitative estimate of drug-likeness (QED) is 0.937. The maximum absolute atomic E-state index is 8.94. The highest BCUT2D eigenvalue weighted by Gasteiger charge is 2.15. The number of H-pyrrole nitrogens is 1. The molecule has 3 rings (SSSR count). The molecule has 0 amide bonds. The van der Waals surface area contributed by atoms with Gasteiger partial charge in [0.25, 0.3) is 0 Å². The summed E-state index contributed by atoms with van der Waals surface area (Å²) in [6.45, 7) is 2.52. The third kappa shape index (κ3) is 2.70. The highest BCUT2D eigenvalue weighted by molar-refractivity contribution is 5.95. The molecule has 0 saturated heterocycles. The van der Waals surface area contributed by atoms with Gasteiger partial charge in [0.05, 0.1) is 23.9 Å². The Hall–Kier alpha value is -3.06. The summed E-state index contributed by atoms with van der Waals surface area (Å²) in [4.78, 5) is 7.75. The Kier molecular flexibility index (Phi) is 3.88. The molecule has 0 radical (unpaired) electrons. The van der Waals surface area contributed by atoms with Crippen molar-refractivity contribution in [3.05, 3.63) is 77.3 Å². The van der Waals surface area contributed by atoms with Gasteiger partial charge in [-0.3, -0.25) is 0 Å². The molecule has 0 atom stereocenters. The summed E-state index contributed by atoms with van der Waals surface area (Å²) < 4.78 is 5.45. The number of aromatic amines is 1. The molecular weight excluding hydrogens is 274 g/mol. The minimum absolute atomic E-state index is 0.588. The summed E-state index contributed by atoms with van der Waals surface area (Å²) >= 11 is 0. The third-order valence-corrected chi connectivity index (χ3v) is 3.33. The lowest BCUT2D eigenvalue weighted by atomic mass is 9.99. The zero-order valence-corrected chi connectivity index (χ0v) is 12.2. The van der Waals surface area contributed by atoms with Crippen LogP contribution in [0.3, 0.4) is 0 Å². The van der Waals surface area contributed by atoms with Crippen LogP contribution >= 0.6 is 0 Å². The fourth-order valence-corrected chi connectivity index (χ4v) is 2.35. The first kappa shape index (κ1) is 13.9. The molecule has 1 aliphatic rings. The molecule has 0 bridgehead atoms. The second-order valence-electron chi connectivity index (χ2n) is 4.75. The molecule has 0 saturated carbocycles. The van der Waals surface area contributed by atoms with Gasteiger partial charge in [0.15, 0.2) is 0 Å². The van der Waals surface area contributed by atoms with E-state index >= 15 is 0 Å². The smallest absolute Gasteiger partial charge is 0.213 e. The number of aliphatic imine (C=N–C) groups is 1. The molecule has 4 nitrogen and oxygen atoms in total. The van der Waals surface area contributed by atoms with Crippen molar-refractivity contribution in [2.45, 2.75) is 6.92 Å². The van der Waals surface area contributed by atoms with Gasteiger partial charge >= 0.3 is 0 Å². The Labute approximate surface area is 129 Å². The van der Waals surface area contributed by atoms with E-state index in [9.17, 15) is 0 Å². The van der Waals surface area contributed by atoms with Crippen LogP contribution in [0.25, 0.3) is 5.57 Å². The van der Waals surface area contributed by atoms with Crippen molar-refractivity contribution in [2.24, 2.45) is 4.99 Å². The van der Waals surface area contributed by atoms with Crippen LogP contribution in [0.1, 0.15) is 23.7 Å². The predicted molar refractivity (Wildman–Crippen MR) is 86.2 cm³/mol. The molecule has 1 aliphatic heterocycles. The second-order valence-corrected chi connectivity index (χ2v) is 4.75. The number of allylic oxidation sites excluding steroid dienone is 1. The van der Waals surface area contributed by atoms with Crippen LogP contribution < -0.4 is 0 Å². The van der Waals surface area contributed by atoms with Gasteiger partial charge in [-0.25, -0.2) is 4.99 Å². The maximum Gasteiger partial charge on any atom is 0.213 e. The molecule has 2 aromatic rings. The average Bonchev–Trinajstić information content (AvgIpc) is 3.22. The van der Waals surface area contributed by atoms with E-state index < -0.39 is 0 Å². The van der Waals surface area contributed by atoms with E-state index in [2.05, 4.69) is 16.0 Å². The minimum atomic E-state index is 0.588. The molecular formula is C18H15N3O. The Balaban J connectivity index is 2.10. The van der Waals surface area contributed by atoms with Gasteiger partial charge in [0.2, 0.25) is 5.90 Å². The molecule has 0 fully saturated rings. The lowest BCUT2D eigenvalue weighted by Crippen LogP contribution is -1.97. The van der Waals surface area contributed by atoms with Crippen LogP contribution in [0.2, 0.25) is 0 Å². The molecule has 1 aromatic heterocycles. The second kappa shape index (κ2) is 6.15. The van der Waals surface area contributed by atoms with Crippen LogP contribution in [-0.4, -0.2) is 17.5 Å². The van der Waals surface area contributed by atoms with E-state index in [-0.39, 0.29) is 0 Å². The zero-order chi connectivity index (χ0) is 15.4. The standard InChI is InChI=1S/C18H15N3O/c1-2-22-17-10-9-16(21-17)18(15-4-3-11-20-15)14-7-5-13(12-19)6-8-14/h3-11,20H,2H2,1H3/b18-16+. The van der Waals surface area contributed by atoms with Crippen LogP contribution in [0.4, 0.5) is 0 Å². The molecule has 0 aliphatic carbocycles. The Bertz CT molecular complexity index is 788. The van der Waals surface area contributed by atoms with Gasteiger partial charge in [-0.05, 0) is 42.8 Å². The number of nitriles is 1. The van der Waals surface area contributed by atoms with Crippen LogP contribution in [-0.2, 0) is 4.74 Å². The van der Waals surface area contributed by atoms with Gasteiger partial charge in [-0.2, -0.15) is 5.26 Å². The summed E-state index contributed by atoms with van der Waals surface area (Å²) in [7, 11) is 0. The molecule has 1 N–H and O–H groups in total.